The van der Waals surface area contributed by atoms with Crippen LogP contribution in [0.1, 0.15) is 32.9 Å². The molecule has 0 spiro atoms. The lowest BCUT2D eigenvalue weighted by Gasteiger charge is -2.31. The van der Waals surface area contributed by atoms with Crippen LogP contribution in [-0.4, -0.2) is 59.9 Å². The summed E-state index contributed by atoms with van der Waals surface area (Å²) in [5, 5.41) is 0. The SMILES string of the molecule is Cc1ccc(-n2c(C)cc(C(=O)CN3CCN(C)CC3)c2C)cc1C. The molecule has 2 heterocycles. The second kappa shape index (κ2) is 7.14. The highest BCUT2D eigenvalue weighted by molar-refractivity contribution is 5.99. The van der Waals surface area contributed by atoms with Crippen molar-refractivity contribution in [1.29, 1.82) is 0 Å². The molecule has 0 aliphatic carbocycles. The number of hydrogen-bond donors (Lipinski definition) is 0. The molecule has 134 valence electrons. The van der Waals surface area contributed by atoms with Gasteiger partial charge in [-0.3, -0.25) is 9.69 Å². The van der Waals surface area contributed by atoms with Crippen molar-refractivity contribution < 1.29 is 4.79 Å². The van der Waals surface area contributed by atoms with Gasteiger partial charge in [0.05, 0.1) is 6.54 Å². The summed E-state index contributed by atoms with van der Waals surface area (Å²) in [6.07, 6.45) is 0. The highest BCUT2D eigenvalue weighted by Crippen LogP contribution is 2.23. The van der Waals surface area contributed by atoms with E-state index in [1.54, 1.807) is 0 Å². The van der Waals surface area contributed by atoms with Crippen LogP contribution in [0.15, 0.2) is 24.3 Å². The minimum Gasteiger partial charge on any atom is -0.318 e. The average molecular weight is 339 g/mol. The Hall–Kier alpha value is -1.91. The third-order valence-corrected chi connectivity index (χ3v) is 5.44. The predicted molar refractivity (Wildman–Crippen MR) is 103 cm³/mol. The number of benzene rings is 1. The normalized spacial score (nSPS) is 16.4. The molecule has 2 aromatic rings. The molecular weight excluding hydrogens is 310 g/mol. The summed E-state index contributed by atoms with van der Waals surface area (Å²) in [5.74, 6) is 0.229. The van der Waals surface area contributed by atoms with E-state index in [9.17, 15) is 4.79 Å². The van der Waals surface area contributed by atoms with Crippen LogP contribution in [0.2, 0.25) is 0 Å². The second-order valence-electron chi connectivity index (χ2n) is 7.39. The number of aromatic nitrogens is 1. The van der Waals surface area contributed by atoms with Crippen LogP contribution in [0.5, 0.6) is 0 Å². The predicted octanol–water partition coefficient (Wildman–Crippen LogP) is 3.14. The Labute approximate surface area is 151 Å². The number of piperazine rings is 1. The smallest absolute Gasteiger partial charge is 0.178 e. The number of nitrogens with zero attached hydrogens (tertiary/aromatic N) is 3. The zero-order valence-electron chi connectivity index (χ0n) is 16.1. The number of carbonyl (C=O) groups excluding carboxylic acids is 1. The van der Waals surface area contributed by atoms with Crippen LogP contribution in [0.3, 0.4) is 0 Å². The molecule has 1 aliphatic heterocycles. The van der Waals surface area contributed by atoms with E-state index in [-0.39, 0.29) is 5.78 Å². The van der Waals surface area contributed by atoms with E-state index in [0.29, 0.717) is 6.54 Å². The van der Waals surface area contributed by atoms with E-state index in [1.165, 1.54) is 11.1 Å². The fourth-order valence-corrected chi connectivity index (χ4v) is 3.60. The zero-order chi connectivity index (χ0) is 18.1. The molecule has 4 heteroatoms. The van der Waals surface area contributed by atoms with Gasteiger partial charge in [0.2, 0.25) is 0 Å². The van der Waals surface area contributed by atoms with Crippen molar-refractivity contribution in [3.05, 3.63) is 52.3 Å². The number of rotatable bonds is 4. The first-order valence-corrected chi connectivity index (χ1v) is 9.07. The van der Waals surface area contributed by atoms with Crippen molar-refractivity contribution in [2.24, 2.45) is 0 Å². The molecule has 25 heavy (non-hydrogen) atoms. The summed E-state index contributed by atoms with van der Waals surface area (Å²) in [4.78, 5) is 17.4. The summed E-state index contributed by atoms with van der Waals surface area (Å²) >= 11 is 0. The van der Waals surface area contributed by atoms with Crippen LogP contribution >= 0.6 is 0 Å². The fraction of sp³-hybridized carbons (Fsp3) is 0.476. The van der Waals surface area contributed by atoms with Gasteiger partial charge in [-0.25, -0.2) is 0 Å². The first-order chi connectivity index (χ1) is 11.9. The van der Waals surface area contributed by atoms with E-state index in [1.807, 2.05) is 6.07 Å². The molecule has 1 aromatic carbocycles. The van der Waals surface area contributed by atoms with Crippen molar-refractivity contribution in [1.82, 2.24) is 14.4 Å². The van der Waals surface area contributed by atoms with Gasteiger partial charge in [-0.1, -0.05) is 6.07 Å². The standard InChI is InChI=1S/C21H29N3O/c1-15-6-7-19(12-16(15)2)24-17(3)13-20(18(24)4)21(25)14-23-10-8-22(5)9-11-23/h6-7,12-13H,8-11,14H2,1-5H3. The lowest BCUT2D eigenvalue weighted by Crippen LogP contribution is -2.46. The zero-order valence-corrected chi connectivity index (χ0v) is 16.1. The van der Waals surface area contributed by atoms with Gasteiger partial charge in [0.1, 0.15) is 0 Å². The van der Waals surface area contributed by atoms with Gasteiger partial charge in [-0.2, -0.15) is 0 Å². The third-order valence-electron chi connectivity index (χ3n) is 5.44. The minimum atomic E-state index is 0.229. The van der Waals surface area contributed by atoms with Gasteiger partial charge in [-0.05, 0) is 64.1 Å². The number of ketones is 1. The van der Waals surface area contributed by atoms with E-state index < -0.39 is 0 Å². The van der Waals surface area contributed by atoms with Crippen LogP contribution in [0.4, 0.5) is 0 Å². The molecule has 1 aliphatic rings. The maximum absolute atomic E-state index is 12.9. The highest BCUT2D eigenvalue weighted by Gasteiger charge is 2.21. The van der Waals surface area contributed by atoms with E-state index >= 15 is 0 Å². The van der Waals surface area contributed by atoms with E-state index in [0.717, 1.165) is 48.8 Å². The lowest BCUT2D eigenvalue weighted by atomic mass is 10.1. The number of carbonyl (C=O) groups is 1. The topological polar surface area (TPSA) is 28.5 Å². The number of likely N-dealkylation sites (N-methyl/N-ethyl adjacent to an activating group) is 1. The summed E-state index contributed by atoms with van der Waals surface area (Å²) in [5.41, 5.74) is 6.71. The quantitative estimate of drug-likeness (QED) is 0.801. The maximum atomic E-state index is 12.9. The van der Waals surface area contributed by atoms with Crippen molar-refractivity contribution in [2.45, 2.75) is 27.7 Å². The third kappa shape index (κ3) is 3.70. The molecule has 0 bridgehead atoms. The Bertz CT molecular complexity index is 783. The van der Waals surface area contributed by atoms with Gasteiger partial charge >= 0.3 is 0 Å². The molecule has 3 rings (SSSR count). The Morgan fingerprint density at radius 3 is 2.28 bits per heavy atom. The Morgan fingerprint density at radius 1 is 0.960 bits per heavy atom. The van der Waals surface area contributed by atoms with E-state index in [4.69, 9.17) is 0 Å². The number of aryl methyl sites for hydroxylation is 3. The monoisotopic (exact) mass is 339 g/mol. The van der Waals surface area contributed by atoms with Gasteiger partial charge < -0.3 is 9.47 Å². The Kier molecular flexibility index (Phi) is 5.11. The average Bonchev–Trinajstić information content (AvgIpc) is 2.87. The van der Waals surface area contributed by atoms with Gasteiger partial charge in [0.25, 0.3) is 0 Å². The van der Waals surface area contributed by atoms with Crippen molar-refractivity contribution in [3.63, 3.8) is 0 Å². The van der Waals surface area contributed by atoms with Crippen molar-refractivity contribution in [3.8, 4) is 5.69 Å². The molecule has 4 nitrogen and oxygen atoms in total. The van der Waals surface area contributed by atoms with Crippen LogP contribution in [-0.2, 0) is 0 Å². The number of Topliss-reactive ketones (excluding diaryl/α,β-unsaturated/α-hetero) is 1. The Morgan fingerprint density at radius 2 is 1.64 bits per heavy atom. The molecule has 1 aromatic heterocycles. The molecule has 0 atom stereocenters. The van der Waals surface area contributed by atoms with Gasteiger partial charge in [0.15, 0.2) is 5.78 Å². The van der Waals surface area contributed by atoms with Crippen molar-refractivity contribution >= 4 is 5.78 Å². The molecule has 0 N–H and O–H groups in total. The van der Waals surface area contributed by atoms with E-state index in [2.05, 4.69) is 67.3 Å². The largest absolute Gasteiger partial charge is 0.318 e. The van der Waals surface area contributed by atoms with Gasteiger partial charge in [-0.15, -0.1) is 0 Å². The van der Waals surface area contributed by atoms with Crippen LogP contribution in [0.25, 0.3) is 5.69 Å². The van der Waals surface area contributed by atoms with Gasteiger partial charge in [0, 0.05) is 48.8 Å². The molecule has 1 fully saturated rings. The maximum Gasteiger partial charge on any atom is 0.178 e. The Balaban J connectivity index is 1.83. The van der Waals surface area contributed by atoms with Crippen LogP contribution in [0, 0.1) is 27.7 Å². The molecule has 0 amide bonds. The lowest BCUT2D eigenvalue weighted by molar-refractivity contribution is 0.0876. The molecular formula is C21H29N3O. The highest BCUT2D eigenvalue weighted by atomic mass is 16.1. The summed E-state index contributed by atoms with van der Waals surface area (Å²) in [7, 11) is 2.14. The molecule has 0 saturated carbocycles. The summed E-state index contributed by atoms with van der Waals surface area (Å²) in [6.45, 7) is 12.9. The summed E-state index contributed by atoms with van der Waals surface area (Å²) in [6, 6.07) is 8.53. The molecule has 0 unspecified atom stereocenters. The second-order valence-corrected chi connectivity index (χ2v) is 7.39. The summed E-state index contributed by atoms with van der Waals surface area (Å²) < 4.78 is 2.20. The minimum absolute atomic E-state index is 0.229. The molecule has 0 radical (unpaired) electrons. The first-order valence-electron chi connectivity index (χ1n) is 9.07. The molecule has 1 saturated heterocycles. The van der Waals surface area contributed by atoms with Crippen LogP contribution < -0.4 is 0 Å². The first kappa shape index (κ1) is 17.9. The fourth-order valence-electron chi connectivity index (χ4n) is 3.60. The number of hydrogen-bond acceptors (Lipinski definition) is 3. The van der Waals surface area contributed by atoms with Crippen molar-refractivity contribution in [2.75, 3.05) is 39.8 Å².